The standard InChI is InChI=1S/C29H29N3O7/c1-37-25(34)15-14-20(29(36)38-2)31-24(33)17-39-23-13-7-12-22-27(23)26-19(28(30)35)10-6-11-21(26)32(22)16-18-8-4-3-5-9-18/h3-13,20H,14-17H2,1-2H3,(H2,30,35)(H,31,33)/t20-/m0/s1. The summed E-state index contributed by atoms with van der Waals surface area (Å²) < 4.78 is 17.3. The number of aromatic nitrogens is 1. The van der Waals surface area contributed by atoms with Crippen molar-refractivity contribution in [1.82, 2.24) is 9.88 Å². The average Bonchev–Trinajstić information content (AvgIpc) is 3.27. The number of carbonyl (C=O) groups is 4. The molecule has 4 rings (SSSR count). The molecule has 0 bridgehead atoms. The van der Waals surface area contributed by atoms with Crippen LogP contribution in [0, 0.1) is 0 Å². The van der Waals surface area contributed by atoms with Crippen molar-refractivity contribution in [2.45, 2.75) is 25.4 Å². The fraction of sp³-hybridized carbons (Fsp3) is 0.241. The first-order valence-corrected chi connectivity index (χ1v) is 12.3. The molecule has 3 N–H and O–H groups in total. The van der Waals surface area contributed by atoms with Crippen LogP contribution in [0.4, 0.5) is 0 Å². The number of fused-ring (bicyclic) bond motifs is 3. The van der Waals surface area contributed by atoms with E-state index in [2.05, 4.69) is 14.6 Å². The second kappa shape index (κ2) is 12.1. The summed E-state index contributed by atoms with van der Waals surface area (Å²) in [4.78, 5) is 48.7. The van der Waals surface area contributed by atoms with E-state index in [0.29, 0.717) is 28.6 Å². The Morgan fingerprint density at radius 3 is 2.23 bits per heavy atom. The molecule has 0 aliphatic carbocycles. The third-order valence-electron chi connectivity index (χ3n) is 6.37. The Hall–Kier alpha value is -4.86. The van der Waals surface area contributed by atoms with E-state index < -0.39 is 36.4 Å². The van der Waals surface area contributed by atoms with Crippen LogP contribution in [0.2, 0.25) is 0 Å². The van der Waals surface area contributed by atoms with Gasteiger partial charge in [-0.05, 0) is 36.2 Å². The lowest BCUT2D eigenvalue weighted by molar-refractivity contribution is -0.146. The van der Waals surface area contributed by atoms with Gasteiger partial charge in [0.25, 0.3) is 5.91 Å². The normalized spacial score (nSPS) is 11.6. The molecule has 0 saturated carbocycles. The topological polar surface area (TPSA) is 139 Å². The largest absolute Gasteiger partial charge is 0.483 e. The van der Waals surface area contributed by atoms with Gasteiger partial charge in [-0.3, -0.25) is 14.4 Å². The third kappa shape index (κ3) is 6.01. The molecule has 0 spiro atoms. The van der Waals surface area contributed by atoms with Gasteiger partial charge < -0.3 is 29.8 Å². The molecule has 0 radical (unpaired) electrons. The van der Waals surface area contributed by atoms with Crippen LogP contribution in [0.5, 0.6) is 5.75 Å². The molecule has 0 fully saturated rings. The Bertz CT molecular complexity index is 1530. The number of amides is 2. The van der Waals surface area contributed by atoms with Crippen LogP contribution in [0.25, 0.3) is 21.8 Å². The predicted molar refractivity (Wildman–Crippen MR) is 144 cm³/mol. The van der Waals surface area contributed by atoms with Crippen LogP contribution < -0.4 is 15.8 Å². The van der Waals surface area contributed by atoms with Gasteiger partial charge in [0.2, 0.25) is 5.91 Å². The maximum Gasteiger partial charge on any atom is 0.328 e. The highest BCUT2D eigenvalue weighted by Gasteiger charge is 2.24. The molecule has 0 unspecified atom stereocenters. The Morgan fingerprint density at radius 1 is 0.872 bits per heavy atom. The van der Waals surface area contributed by atoms with Gasteiger partial charge in [0.15, 0.2) is 6.61 Å². The molecule has 3 aromatic carbocycles. The summed E-state index contributed by atoms with van der Waals surface area (Å²) >= 11 is 0. The van der Waals surface area contributed by atoms with Crippen LogP contribution >= 0.6 is 0 Å². The summed E-state index contributed by atoms with van der Waals surface area (Å²) in [5, 5.41) is 3.81. The minimum absolute atomic E-state index is 0.00954. The van der Waals surface area contributed by atoms with Crippen molar-refractivity contribution in [2.24, 2.45) is 5.73 Å². The molecule has 10 nitrogen and oxygen atoms in total. The van der Waals surface area contributed by atoms with E-state index in [1.807, 2.05) is 42.5 Å². The second-order valence-electron chi connectivity index (χ2n) is 8.83. The highest BCUT2D eigenvalue weighted by Crippen LogP contribution is 2.38. The zero-order chi connectivity index (χ0) is 27.9. The van der Waals surface area contributed by atoms with Crippen LogP contribution in [0.3, 0.4) is 0 Å². The maximum absolute atomic E-state index is 12.7. The zero-order valence-corrected chi connectivity index (χ0v) is 21.6. The predicted octanol–water partition coefficient (Wildman–Crippen LogP) is 2.93. The van der Waals surface area contributed by atoms with Crippen molar-refractivity contribution in [1.29, 1.82) is 0 Å². The zero-order valence-electron chi connectivity index (χ0n) is 21.6. The molecule has 1 heterocycles. The van der Waals surface area contributed by atoms with Crippen molar-refractivity contribution in [3.8, 4) is 5.75 Å². The fourth-order valence-electron chi connectivity index (χ4n) is 4.55. The number of primary amides is 1. The number of esters is 2. The van der Waals surface area contributed by atoms with E-state index in [4.69, 9.17) is 15.2 Å². The first-order chi connectivity index (χ1) is 18.8. The van der Waals surface area contributed by atoms with E-state index in [-0.39, 0.29) is 12.8 Å². The first-order valence-electron chi connectivity index (χ1n) is 12.3. The number of nitrogens with one attached hydrogen (secondary N) is 1. The molecule has 1 aromatic heterocycles. The fourth-order valence-corrected chi connectivity index (χ4v) is 4.55. The SMILES string of the molecule is COC(=O)CC[C@H](NC(=O)COc1cccc2c1c1c(C(N)=O)cccc1n2Cc1ccccc1)C(=O)OC. The number of methoxy groups -OCH3 is 2. The lowest BCUT2D eigenvalue weighted by atomic mass is 10.1. The Morgan fingerprint density at radius 2 is 1.56 bits per heavy atom. The van der Waals surface area contributed by atoms with E-state index in [0.717, 1.165) is 16.6 Å². The van der Waals surface area contributed by atoms with Crippen LogP contribution in [-0.4, -0.2) is 55.2 Å². The van der Waals surface area contributed by atoms with Gasteiger partial charge in [-0.2, -0.15) is 0 Å². The minimum Gasteiger partial charge on any atom is -0.483 e. The molecular formula is C29H29N3O7. The van der Waals surface area contributed by atoms with E-state index in [1.165, 1.54) is 14.2 Å². The van der Waals surface area contributed by atoms with Crippen LogP contribution in [0.15, 0.2) is 66.7 Å². The molecule has 4 aromatic rings. The summed E-state index contributed by atoms with van der Waals surface area (Å²) in [5.41, 5.74) is 8.71. The van der Waals surface area contributed by atoms with E-state index in [1.54, 1.807) is 24.3 Å². The van der Waals surface area contributed by atoms with Gasteiger partial charge in [-0.15, -0.1) is 0 Å². The maximum atomic E-state index is 12.7. The molecule has 0 saturated heterocycles. The number of nitrogens with two attached hydrogens (primary N) is 1. The smallest absolute Gasteiger partial charge is 0.328 e. The van der Waals surface area contributed by atoms with Crippen molar-refractivity contribution in [2.75, 3.05) is 20.8 Å². The number of ether oxygens (including phenoxy) is 3. The number of nitrogens with zero attached hydrogens (tertiary/aromatic N) is 1. The van der Waals surface area contributed by atoms with Crippen LogP contribution in [0.1, 0.15) is 28.8 Å². The molecule has 10 heteroatoms. The Balaban J connectivity index is 1.67. The average molecular weight is 532 g/mol. The summed E-state index contributed by atoms with van der Waals surface area (Å²) in [6, 6.07) is 19.6. The van der Waals surface area contributed by atoms with Gasteiger partial charge in [0, 0.05) is 23.9 Å². The summed E-state index contributed by atoms with van der Waals surface area (Å²) in [6.45, 7) is 0.114. The van der Waals surface area contributed by atoms with Crippen molar-refractivity contribution < 1.29 is 33.4 Å². The Kier molecular flexibility index (Phi) is 8.45. The summed E-state index contributed by atoms with van der Waals surface area (Å²) in [7, 11) is 2.43. The number of benzene rings is 3. The van der Waals surface area contributed by atoms with Crippen molar-refractivity contribution >= 4 is 45.6 Å². The van der Waals surface area contributed by atoms with E-state index in [9.17, 15) is 19.2 Å². The minimum atomic E-state index is -1.05. The summed E-state index contributed by atoms with van der Waals surface area (Å²) in [5.74, 6) is -2.01. The molecule has 1 atom stereocenters. The highest BCUT2D eigenvalue weighted by molar-refractivity contribution is 6.19. The lowest BCUT2D eigenvalue weighted by Crippen LogP contribution is -2.43. The highest BCUT2D eigenvalue weighted by atomic mass is 16.5. The number of hydrogen-bond acceptors (Lipinski definition) is 7. The molecular weight excluding hydrogens is 502 g/mol. The van der Waals surface area contributed by atoms with Gasteiger partial charge in [0.05, 0.1) is 30.6 Å². The number of hydrogen-bond donors (Lipinski definition) is 2. The Labute approximate surface area is 224 Å². The van der Waals surface area contributed by atoms with E-state index >= 15 is 0 Å². The summed E-state index contributed by atoms with van der Waals surface area (Å²) in [6.07, 6.45) is -0.0663. The van der Waals surface area contributed by atoms with Gasteiger partial charge in [-0.1, -0.05) is 42.5 Å². The lowest BCUT2D eigenvalue weighted by Gasteiger charge is -2.16. The number of rotatable bonds is 11. The second-order valence-corrected chi connectivity index (χ2v) is 8.83. The van der Waals surface area contributed by atoms with Gasteiger partial charge in [-0.25, -0.2) is 4.79 Å². The monoisotopic (exact) mass is 531 g/mol. The van der Waals surface area contributed by atoms with Gasteiger partial charge >= 0.3 is 11.9 Å². The molecule has 39 heavy (non-hydrogen) atoms. The molecule has 0 aliphatic heterocycles. The first kappa shape index (κ1) is 27.2. The van der Waals surface area contributed by atoms with Gasteiger partial charge in [0.1, 0.15) is 11.8 Å². The molecule has 0 aliphatic rings. The molecule has 2 amide bonds. The third-order valence-corrected chi connectivity index (χ3v) is 6.37. The van der Waals surface area contributed by atoms with Crippen molar-refractivity contribution in [3.05, 3.63) is 77.9 Å². The van der Waals surface area contributed by atoms with Crippen LogP contribution in [-0.2, 0) is 30.4 Å². The number of carbonyl (C=O) groups excluding carboxylic acids is 4. The molecule has 202 valence electrons. The van der Waals surface area contributed by atoms with Crippen molar-refractivity contribution in [3.63, 3.8) is 0 Å². The quantitative estimate of drug-likeness (QED) is 0.284.